The number of hydrogen-bond donors (Lipinski definition) is 2. The van der Waals surface area contributed by atoms with E-state index < -0.39 is 0 Å². The van der Waals surface area contributed by atoms with Crippen molar-refractivity contribution in [2.45, 2.75) is 6.92 Å². The van der Waals surface area contributed by atoms with E-state index in [9.17, 15) is 5.11 Å². The van der Waals surface area contributed by atoms with Crippen LogP contribution in [0.15, 0.2) is 47.6 Å². The van der Waals surface area contributed by atoms with E-state index in [-0.39, 0.29) is 5.75 Å². The number of ether oxygens (including phenoxy) is 1. The first-order valence-corrected chi connectivity index (χ1v) is 8.31. The van der Waals surface area contributed by atoms with Crippen molar-refractivity contribution in [1.82, 2.24) is 14.9 Å². The van der Waals surface area contributed by atoms with Gasteiger partial charge in [-0.3, -0.25) is 0 Å². The highest BCUT2D eigenvalue weighted by atomic mass is 35.5. The summed E-state index contributed by atoms with van der Waals surface area (Å²) in [4.78, 5) is 0. The van der Waals surface area contributed by atoms with Gasteiger partial charge in [-0.1, -0.05) is 23.7 Å². The van der Waals surface area contributed by atoms with Crippen LogP contribution in [-0.2, 0) is 0 Å². The smallest absolute Gasteiger partial charge is 0.216 e. The van der Waals surface area contributed by atoms with Gasteiger partial charge in [-0.2, -0.15) is 14.9 Å². The van der Waals surface area contributed by atoms with Gasteiger partial charge in [0.15, 0.2) is 5.82 Å². The molecule has 2 aromatic carbocycles. The second-order valence-electron chi connectivity index (χ2n) is 5.04. The Labute approximate surface area is 154 Å². The van der Waals surface area contributed by atoms with Crippen molar-refractivity contribution in [2.24, 2.45) is 5.10 Å². The average molecular weight is 375 g/mol. The van der Waals surface area contributed by atoms with Crippen LogP contribution in [0.4, 0.5) is 0 Å². The molecule has 0 fully saturated rings. The Hall–Kier alpha value is -2.64. The van der Waals surface area contributed by atoms with Gasteiger partial charge in [-0.25, -0.2) is 5.10 Å². The minimum atomic E-state index is 0.0689. The lowest BCUT2D eigenvalue weighted by atomic mass is 10.2. The number of aromatic hydroxyl groups is 1. The van der Waals surface area contributed by atoms with Crippen LogP contribution < -0.4 is 4.74 Å². The first-order chi connectivity index (χ1) is 12.1. The molecule has 0 unspecified atom stereocenters. The van der Waals surface area contributed by atoms with Crippen molar-refractivity contribution >= 4 is 30.0 Å². The van der Waals surface area contributed by atoms with E-state index in [2.05, 4.69) is 15.3 Å². The van der Waals surface area contributed by atoms with Gasteiger partial charge in [0, 0.05) is 10.6 Å². The zero-order valence-corrected chi connectivity index (χ0v) is 14.9. The number of aromatic nitrogens is 3. The zero-order chi connectivity index (χ0) is 17.8. The Balaban J connectivity index is 2.05. The van der Waals surface area contributed by atoms with Crippen molar-refractivity contribution in [1.29, 1.82) is 0 Å². The van der Waals surface area contributed by atoms with E-state index in [1.165, 1.54) is 17.0 Å². The van der Waals surface area contributed by atoms with Crippen molar-refractivity contribution in [3.05, 3.63) is 57.8 Å². The minimum Gasteiger partial charge on any atom is -0.507 e. The van der Waals surface area contributed by atoms with Gasteiger partial charge in [0.05, 0.1) is 18.4 Å². The predicted octanol–water partition coefficient (Wildman–Crippen LogP) is 4.25. The van der Waals surface area contributed by atoms with Gasteiger partial charge in [0.2, 0.25) is 4.77 Å². The Morgan fingerprint density at radius 1 is 1.36 bits per heavy atom. The summed E-state index contributed by atoms with van der Waals surface area (Å²) in [5, 5.41) is 21.7. The fraction of sp³-hybridized carbons (Fsp3) is 0.118. The number of hydrogen-bond acceptors (Lipinski definition) is 5. The van der Waals surface area contributed by atoms with Crippen LogP contribution in [0.1, 0.15) is 12.5 Å². The van der Waals surface area contributed by atoms with Crippen LogP contribution >= 0.6 is 23.8 Å². The summed E-state index contributed by atoms with van der Waals surface area (Å²) in [6.07, 6.45) is 1.47. The number of phenols is 1. The molecule has 6 nitrogen and oxygen atoms in total. The Kier molecular flexibility index (Phi) is 5.16. The van der Waals surface area contributed by atoms with Crippen LogP contribution in [0.3, 0.4) is 0 Å². The Morgan fingerprint density at radius 3 is 2.96 bits per heavy atom. The third-order valence-corrected chi connectivity index (χ3v) is 3.88. The molecule has 8 heteroatoms. The predicted molar refractivity (Wildman–Crippen MR) is 100 cm³/mol. The summed E-state index contributed by atoms with van der Waals surface area (Å²) in [7, 11) is 0. The molecule has 2 N–H and O–H groups in total. The molecule has 128 valence electrons. The SMILES string of the molecule is CCOc1ccccc1-c1n[nH]c(=S)n1/N=C/c1cc(Cl)ccc1O. The summed E-state index contributed by atoms with van der Waals surface area (Å²) in [6, 6.07) is 12.2. The molecule has 1 aromatic heterocycles. The number of halogens is 1. The fourth-order valence-corrected chi connectivity index (χ4v) is 2.61. The van der Waals surface area contributed by atoms with Crippen molar-refractivity contribution in [2.75, 3.05) is 6.61 Å². The van der Waals surface area contributed by atoms with Crippen LogP contribution in [0.5, 0.6) is 11.5 Å². The molecule has 25 heavy (non-hydrogen) atoms. The Bertz CT molecular complexity index is 981. The largest absolute Gasteiger partial charge is 0.507 e. The molecule has 0 saturated heterocycles. The van der Waals surface area contributed by atoms with Gasteiger partial charge in [-0.15, -0.1) is 0 Å². The van der Waals surface area contributed by atoms with Crippen molar-refractivity contribution < 1.29 is 9.84 Å². The van der Waals surface area contributed by atoms with Gasteiger partial charge in [0.1, 0.15) is 11.5 Å². The second-order valence-corrected chi connectivity index (χ2v) is 5.86. The molecule has 0 saturated carbocycles. The summed E-state index contributed by atoms with van der Waals surface area (Å²) < 4.78 is 7.43. The van der Waals surface area contributed by atoms with Gasteiger partial charge >= 0.3 is 0 Å². The molecule has 0 spiro atoms. The highest BCUT2D eigenvalue weighted by molar-refractivity contribution is 7.71. The average Bonchev–Trinajstić information content (AvgIpc) is 2.97. The van der Waals surface area contributed by atoms with Crippen LogP contribution in [-0.4, -0.2) is 32.8 Å². The van der Waals surface area contributed by atoms with E-state index in [1.54, 1.807) is 12.1 Å². The van der Waals surface area contributed by atoms with Crippen molar-refractivity contribution in [3.8, 4) is 22.9 Å². The van der Waals surface area contributed by atoms with Crippen LogP contribution in [0.2, 0.25) is 5.02 Å². The van der Waals surface area contributed by atoms with E-state index in [0.717, 1.165) is 5.56 Å². The summed E-state index contributed by atoms with van der Waals surface area (Å²) in [5.74, 6) is 1.26. The third kappa shape index (κ3) is 3.72. The van der Waals surface area contributed by atoms with E-state index in [0.29, 0.717) is 33.5 Å². The summed E-state index contributed by atoms with van der Waals surface area (Å²) in [5.41, 5.74) is 1.23. The number of phenolic OH excluding ortho intramolecular Hbond substituents is 1. The molecule has 1 heterocycles. The molecule has 0 aliphatic rings. The van der Waals surface area contributed by atoms with Gasteiger partial charge < -0.3 is 9.84 Å². The highest BCUT2D eigenvalue weighted by Crippen LogP contribution is 2.28. The third-order valence-electron chi connectivity index (χ3n) is 3.38. The van der Waals surface area contributed by atoms with Gasteiger partial charge in [0.25, 0.3) is 0 Å². The monoisotopic (exact) mass is 374 g/mol. The quantitative estimate of drug-likeness (QED) is 0.517. The number of rotatable bonds is 5. The van der Waals surface area contributed by atoms with Crippen LogP contribution in [0, 0.1) is 4.77 Å². The van der Waals surface area contributed by atoms with E-state index in [1.807, 2.05) is 31.2 Å². The van der Waals surface area contributed by atoms with E-state index >= 15 is 0 Å². The van der Waals surface area contributed by atoms with E-state index in [4.69, 9.17) is 28.6 Å². The number of nitrogens with one attached hydrogen (secondary N) is 1. The number of para-hydroxylation sites is 1. The Morgan fingerprint density at radius 2 is 2.16 bits per heavy atom. The topological polar surface area (TPSA) is 75.4 Å². The maximum Gasteiger partial charge on any atom is 0.216 e. The lowest BCUT2D eigenvalue weighted by molar-refractivity contribution is 0.341. The first kappa shape index (κ1) is 17.2. The molecule has 0 aliphatic heterocycles. The number of aromatic amines is 1. The molecule has 0 atom stereocenters. The second kappa shape index (κ2) is 7.50. The molecule has 0 bridgehead atoms. The van der Waals surface area contributed by atoms with Crippen LogP contribution in [0.25, 0.3) is 11.4 Å². The normalized spacial score (nSPS) is 11.1. The minimum absolute atomic E-state index is 0.0689. The lowest BCUT2D eigenvalue weighted by Crippen LogP contribution is -1.99. The maximum absolute atomic E-state index is 9.90. The van der Waals surface area contributed by atoms with Gasteiger partial charge in [-0.05, 0) is 49.5 Å². The summed E-state index contributed by atoms with van der Waals surface area (Å²) in [6.45, 7) is 2.44. The summed E-state index contributed by atoms with van der Waals surface area (Å²) >= 11 is 11.2. The standard InChI is InChI=1S/C17H15ClN4O2S/c1-2-24-15-6-4-3-5-13(15)16-20-21-17(25)22(16)19-10-11-9-12(18)7-8-14(11)23/h3-10,23H,2H2,1H3,(H,21,25)/b19-10+. The fourth-order valence-electron chi connectivity index (χ4n) is 2.25. The maximum atomic E-state index is 9.90. The number of H-pyrrole nitrogens is 1. The highest BCUT2D eigenvalue weighted by Gasteiger charge is 2.13. The number of benzene rings is 2. The molecule has 3 rings (SSSR count). The zero-order valence-electron chi connectivity index (χ0n) is 13.3. The molecular weight excluding hydrogens is 360 g/mol. The molecule has 0 radical (unpaired) electrons. The molecule has 0 aliphatic carbocycles. The molecule has 0 amide bonds. The molecular formula is C17H15ClN4O2S. The number of nitrogens with zero attached hydrogens (tertiary/aromatic N) is 3. The lowest BCUT2D eigenvalue weighted by Gasteiger charge is -2.08. The van der Waals surface area contributed by atoms with Crippen molar-refractivity contribution in [3.63, 3.8) is 0 Å². The molecule has 3 aromatic rings. The first-order valence-electron chi connectivity index (χ1n) is 7.52.